The molecule has 1 heterocycles. The maximum absolute atomic E-state index is 12.1. The maximum atomic E-state index is 12.1. The molecule has 1 N–H and O–H groups in total. The third-order valence-electron chi connectivity index (χ3n) is 2.75. The van der Waals surface area contributed by atoms with Crippen molar-refractivity contribution in [1.82, 2.24) is 10.2 Å². The lowest BCUT2D eigenvalue weighted by Crippen LogP contribution is -2.46. The van der Waals surface area contributed by atoms with Gasteiger partial charge in [-0.3, -0.25) is 4.79 Å². The molecule has 1 atom stereocenters. The highest BCUT2D eigenvalue weighted by atomic mass is 19.4. The van der Waals surface area contributed by atoms with Crippen LogP contribution in [-0.4, -0.2) is 61.0 Å². The van der Waals surface area contributed by atoms with E-state index < -0.39 is 29.9 Å². The third-order valence-corrected chi connectivity index (χ3v) is 2.75. The molecule has 0 aromatic heterocycles. The Labute approximate surface area is 126 Å². The van der Waals surface area contributed by atoms with Crippen LogP contribution in [-0.2, 0) is 14.3 Å². The number of carbonyl (C=O) groups excluding carboxylic acids is 2. The molecule has 1 fully saturated rings. The molecule has 0 radical (unpaired) electrons. The van der Waals surface area contributed by atoms with Gasteiger partial charge in [0.15, 0.2) is 0 Å². The Balaban J connectivity index is 2.55. The van der Waals surface area contributed by atoms with Crippen molar-refractivity contribution in [2.75, 3.05) is 26.2 Å². The second kappa shape index (κ2) is 7.17. The lowest BCUT2D eigenvalue weighted by molar-refractivity contribution is -0.174. The molecule has 128 valence electrons. The van der Waals surface area contributed by atoms with Crippen molar-refractivity contribution in [2.45, 2.75) is 45.1 Å². The molecular weight excluding hydrogens is 305 g/mol. The second-order valence-corrected chi connectivity index (χ2v) is 5.98. The van der Waals surface area contributed by atoms with Gasteiger partial charge in [-0.15, -0.1) is 0 Å². The van der Waals surface area contributed by atoms with E-state index in [0.29, 0.717) is 19.6 Å². The predicted molar refractivity (Wildman–Crippen MR) is 71.2 cm³/mol. The van der Waals surface area contributed by atoms with Crippen molar-refractivity contribution in [2.24, 2.45) is 0 Å². The number of alkyl halides is 3. The maximum Gasteiger partial charge on any atom is 0.471 e. The lowest BCUT2D eigenvalue weighted by Gasteiger charge is -2.28. The van der Waals surface area contributed by atoms with Crippen LogP contribution in [0.15, 0.2) is 0 Å². The van der Waals surface area contributed by atoms with Gasteiger partial charge < -0.3 is 19.7 Å². The summed E-state index contributed by atoms with van der Waals surface area (Å²) in [5.74, 6) is -2.02. The van der Waals surface area contributed by atoms with E-state index in [-0.39, 0.29) is 13.1 Å². The predicted octanol–water partition coefficient (Wildman–Crippen LogP) is 1.69. The highest BCUT2D eigenvalue weighted by Crippen LogP contribution is 2.15. The number of carbonyl (C=O) groups is 2. The van der Waals surface area contributed by atoms with Gasteiger partial charge in [-0.2, -0.15) is 13.2 Å². The van der Waals surface area contributed by atoms with Crippen LogP contribution in [0.5, 0.6) is 0 Å². The quantitative estimate of drug-likeness (QED) is 0.838. The molecule has 0 aliphatic carbocycles. The SMILES string of the molecule is CC(C)(C)OC(=O)N1CCCOC(CNC(=O)C(F)(F)F)C1. The summed E-state index contributed by atoms with van der Waals surface area (Å²) in [6, 6.07) is 0. The van der Waals surface area contributed by atoms with Crippen LogP contribution >= 0.6 is 0 Å². The van der Waals surface area contributed by atoms with E-state index in [1.54, 1.807) is 26.1 Å². The van der Waals surface area contributed by atoms with E-state index in [9.17, 15) is 22.8 Å². The summed E-state index contributed by atoms with van der Waals surface area (Å²) in [6.07, 6.45) is -5.65. The van der Waals surface area contributed by atoms with Gasteiger partial charge in [0, 0.05) is 19.7 Å². The first-order chi connectivity index (χ1) is 9.99. The minimum absolute atomic E-state index is 0.0626. The van der Waals surface area contributed by atoms with Crippen molar-refractivity contribution >= 4 is 12.0 Å². The fourth-order valence-electron chi connectivity index (χ4n) is 1.82. The van der Waals surface area contributed by atoms with Gasteiger partial charge in [-0.25, -0.2) is 4.79 Å². The van der Waals surface area contributed by atoms with Crippen molar-refractivity contribution < 1.29 is 32.2 Å². The molecule has 1 unspecified atom stereocenters. The second-order valence-electron chi connectivity index (χ2n) is 5.98. The minimum atomic E-state index is -4.93. The molecule has 0 aromatic carbocycles. The van der Waals surface area contributed by atoms with E-state index in [2.05, 4.69) is 0 Å². The zero-order chi connectivity index (χ0) is 17.0. The van der Waals surface area contributed by atoms with Gasteiger partial charge in [0.05, 0.1) is 12.6 Å². The first-order valence-corrected chi connectivity index (χ1v) is 6.93. The van der Waals surface area contributed by atoms with Crippen LogP contribution in [0.4, 0.5) is 18.0 Å². The summed E-state index contributed by atoms with van der Waals surface area (Å²) >= 11 is 0. The molecular formula is C13H21F3N2O4. The number of hydrogen-bond donors (Lipinski definition) is 1. The molecule has 6 nitrogen and oxygen atoms in total. The summed E-state index contributed by atoms with van der Waals surface area (Å²) in [4.78, 5) is 24.2. The van der Waals surface area contributed by atoms with Crippen LogP contribution in [0, 0.1) is 0 Å². The monoisotopic (exact) mass is 326 g/mol. The van der Waals surface area contributed by atoms with Gasteiger partial charge in [0.2, 0.25) is 0 Å². The average Bonchev–Trinajstić information content (AvgIpc) is 2.58. The minimum Gasteiger partial charge on any atom is -0.444 e. The smallest absolute Gasteiger partial charge is 0.444 e. The van der Waals surface area contributed by atoms with Crippen molar-refractivity contribution in [1.29, 1.82) is 0 Å². The fraction of sp³-hybridized carbons (Fsp3) is 0.846. The molecule has 1 saturated heterocycles. The number of rotatable bonds is 2. The summed E-state index contributed by atoms with van der Waals surface area (Å²) < 4.78 is 47.0. The number of amides is 2. The number of halogens is 3. The Morgan fingerprint density at radius 1 is 1.32 bits per heavy atom. The zero-order valence-electron chi connectivity index (χ0n) is 12.8. The Kier molecular flexibility index (Phi) is 6.04. The largest absolute Gasteiger partial charge is 0.471 e. The zero-order valence-corrected chi connectivity index (χ0v) is 12.8. The molecule has 1 aliphatic rings. The summed E-state index contributed by atoms with van der Waals surface area (Å²) in [5.41, 5.74) is -0.662. The summed E-state index contributed by atoms with van der Waals surface area (Å²) in [6.45, 7) is 5.59. The first kappa shape index (κ1) is 18.5. The van der Waals surface area contributed by atoms with Crippen molar-refractivity contribution in [3.8, 4) is 0 Å². The van der Waals surface area contributed by atoms with Crippen LogP contribution < -0.4 is 5.32 Å². The van der Waals surface area contributed by atoms with E-state index in [4.69, 9.17) is 9.47 Å². The first-order valence-electron chi connectivity index (χ1n) is 6.93. The molecule has 22 heavy (non-hydrogen) atoms. The summed E-state index contributed by atoms with van der Waals surface area (Å²) in [5, 5.41) is 1.76. The fourth-order valence-corrected chi connectivity index (χ4v) is 1.82. The third kappa shape index (κ3) is 6.50. The van der Waals surface area contributed by atoms with Crippen LogP contribution in [0.2, 0.25) is 0 Å². The molecule has 1 aliphatic heterocycles. The molecule has 0 bridgehead atoms. The van der Waals surface area contributed by atoms with E-state index >= 15 is 0 Å². The van der Waals surface area contributed by atoms with E-state index in [1.165, 1.54) is 4.90 Å². The Hall–Kier alpha value is -1.51. The number of ether oxygens (including phenoxy) is 2. The standard InChI is InChI=1S/C13H21F3N2O4/c1-12(2,3)22-11(20)18-5-4-6-21-9(8-18)7-17-10(19)13(14,15)16/h9H,4-8H2,1-3H3,(H,17,19). The molecule has 0 saturated carbocycles. The Bertz CT molecular complexity index is 407. The van der Waals surface area contributed by atoms with Gasteiger partial charge in [-0.1, -0.05) is 0 Å². The number of nitrogens with zero attached hydrogens (tertiary/aromatic N) is 1. The average molecular weight is 326 g/mol. The number of nitrogens with one attached hydrogen (secondary N) is 1. The highest BCUT2D eigenvalue weighted by Gasteiger charge is 2.39. The van der Waals surface area contributed by atoms with Crippen molar-refractivity contribution in [3.05, 3.63) is 0 Å². The topological polar surface area (TPSA) is 67.9 Å². The number of hydrogen-bond acceptors (Lipinski definition) is 4. The molecule has 1 rings (SSSR count). The highest BCUT2D eigenvalue weighted by molar-refractivity contribution is 5.81. The van der Waals surface area contributed by atoms with E-state index in [0.717, 1.165) is 0 Å². The van der Waals surface area contributed by atoms with Gasteiger partial charge in [0.1, 0.15) is 5.60 Å². The molecule has 2 amide bonds. The Morgan fingerprint density at radius 2 is 1.95 bits per heavy atom. The lowest BCUT2D eigenvalue weighted by atomic mass is 10.2. The van der Waals surface area contributed by atoms with Crippen molar-refractivity contribution in [3.63, 3.8) is 0 Å². The van der Waals surface area contributed by atoms with Crippen LogP contribution in [0.3, 0.4) is 0 Å². The van der Waals surface area contributed by atoms with Crippen LogP contribution in [0.25, 0.3) is 0 Å². The van der Waals surface area contributed by atoms with Crippen LogP contribution in [0.1, 0.15) is 27.2 Å². The summed E-state index contributed by atoms with van der Waals surface area (Å²) in [7, 11) is 0. The van der Waals surface area contributed by atoms with Gasteiger partial charge in [-0.05, 0) is 27.2 Å². The Morgan fingerprint density at radius 3 is 2.50 bits per heavy atom. The van der Waals surface area contributed by atoms with Gasteiger partial charge in [0.25, 0.3) is 0 Å². The molecule has 9 heteroatoms. The van der Waals surface area contributed by atoms with Gasteiger partial charge >= 0.3 is 18.2 Å². The van der Waals surface area contributed by atoms with E-state index in [1.807, 2.05) is 0 Å². The molecule has 0 aromatic rings. The normalized spacial score (nSPS) is 20.3. The molecule has 0 spiro atoms.